The number of carbonyl (C=O) groups is 1. The Labute approximate surface area is 106 Å². The van der Waals surface area contributed by atoms with Crippen LogP contribution in [-0.4, -0.2) is 17.1 Å². The third-order valence-corrected chi connectivity index (χ3v) is 3.49. The van der Waals surface area contributed by atoms with Gasteiger partial charge in [-0.25, -0.2) is 4.79 Å². The van der Waals surface area contributed by atoms with Crippen molar-refractivity contribution in [3.05, 3.63) is 28.8 Å². The van der Waals surface area contributed by atoms with E-state index >= 15 is 0 Å². The lowest BCUT2D eigenvalue weighted by Crippen LogP contribution is -2.22. The zero-order chi connectivity index (χ0) is 12.3. The van der Waals surface area contributed by atoms with Gasteiger partial charge in [0, 0.05) is 11.7 Å². The summed E-state index contributed by atoms with van der Waals surface area (Å²) in [6.45, 7) is 0. The summed E-state index contributed by atoms with van der Waals surface area (Å²) in [7, 11) is 0. The molecule has 1 aromatic carbocycles. The van der Waals surface area contributed by atoms with Crippen LogP contribution in [-0.2, 0) is 0 Å². The molecule has 0 atom stereocenters. The highest BCUT2D eigenvalue weighted by Crippen LogP contribution is 2.25. The molecular weight excluding hydrogens is 238 g/mol. The van der Waals surface area contributed by atoms with Crippen LogP contribution in [0, 0.1) is 0 Å². The first-order chi connectivity index (χ1) is 8.16. The van der Waals surface area contributed by atoms with Crippen LogP contribution in [0.5, 0.6) is 0 Å². The van der Waals surface area contributed by atoms with E-state index in [4.69, 9.17) is 16.7 Å². The maximum atomic E-state index is 10.8. The number of hydrogen-bond acceptors (Lipinski definition) is 2. The normalized spacial score (nSPS) is 16.8. The van der Waals surface area contributed by atoms with Gasteiger partial charge in [0.2, 0.25) is 0 Å². The van der Waals surface area contributed by atoms with Gasteiger partial charge in [-0.3, -0.25) is 0 Å². The number of anilines is 1. The Hall–Kier alpha value is -1.22. The minimum absolute atomic E-state index is 0.154. The van der Waals surface area contributed by atoms with E-state index in [9.17, 15) is 4.79 Å². The standard InChI is InChI=1S/C13H16ClNO2/c14-12-8-10(6-7-11(12)13(16)17)15-9-4-2-1-3-5-9/h6-9,15H,1-5H2,(H,16,17). The second kappa shape index (κ2) is 5.41. The Kier molecular flexibility index (Phi) is 3.89. The molecule has 1 aliphatic rings. The molecular formula is C13H16ClNO2. The molecule has 1 aliphatic carbocycles. The number of hydrogen-bond donors (Lipinski definition) is 2. The summed E-state index contributed by atoms with van der Waals surface area (Å²) in [6.07, 6.45) is 6.20. The molecule has 0 aliphatic heterocycles. The number of carboxylic acids is 1. The van der Waals surface area contributed by atoms with E-state index in [0.29, 0.717) is 11.1 Å². The summed E-state index contributed by atoms with van der Waals surface area (Å²) in [4.78, 5) is 10.8. The summed E-state index contributed by atoms with van der Waals surface area (Å²) in [6, 6.07) is 5.52. The van der Waals surface area contributed by atoms with Crippen LogP contribution in [0.1, 0.15) is 42.5 Å². The monoisotopic (exact) mass is 253 g/mol. The van der Waals surface area contributed by atoms with Gasteiger partial charge >= 0.3 is 5.97 Å². The second-order valence-electron chi connectivity index (χ2n) is 4.48. The lowest BCUT2D eigenvalue weighted by atomic mass is 9.95. The quantitative estimate of drug-likeness (QED) is 0.862. The van der Waals surface area contributed by atoms with E-state index in [1.165, 1.54) is 32.1 Å². The van der Waals surface area contributed by atoms with Gasteiger partial charge in [-0.05, 0) is 31.0 Å². The van der Waals surface area contributed by atoms with Crippen LogP contribution >= 0.6 is 11.6 Å². The van der Waals surface area contributed by atoms with Crippen molar-refractivity contribution in [1.82, 2.24) is 0 Å². The average molecular weight is 254 g/mol. The Morgan fingerprint density at radius 3 is 2.59 bits per heavy atom. The molecule has 92 valence electrons. The van der Waals surface area contributed by atoms with Gasteiger partial charge < -0.3 is 10.4 Å². The number of halogens is 1. The lowest BCUT2D eigenvalue weighted by Gasteiger charge is -2.24. The highest BCUT2D eigenvalue weighted by atomic mass is 35.5. The first-order valence-corrected chi connectivity index (χ1v) is 6.34. The highest BCUT2D eigenvalue weighted by molar-refractivity contribution is 6.33. The van der Waals surface area contributed by atoms with Crippen molar-refractivity contribution in [3.8, 4) is 0 Å². The van der Waals surface area contributed by atoms with E-state index in [0.717, 1.165) is 5.69 Å². The van der Waals surface area contributed by atoms with E-state index in [1.807, 2.05) is 0 Å². The van der Waals surface area contributed by atoms with Gasteiger partial charge in [-0.1, -0.05) is 30.9 Å². The Bertz CT molecular complexity index is 414. The van der Waals surface area contributed by atoms with Gasteiger partial charge in [0.15, 0.2) is 0 Å². The number of benzene rings is 1. The molecule has 4 heteroatoms. The zero-order valence-electron chi connectivity index (χ0n) is 9.58. The fourth-order valence-corrected chi connectivity index (χ4v) is 2.52. The van der Waals surface area contributed by atoms with Gasteiger partial charge in [0.1, 0.15) is 0 Å². The molecule has 1 fully saturated rings. The van der Waals surface area contributed by atoms with Gasteiger partial charge in [0.25, 0.3) is 0 Å². The van der Waals surface area contributed by atoms with Crippen molar-refractivity contribution >= 4 is 23.3 Å². The van der Waals surface area contributed by atoms with E-state index < -0.39 is 5.97 Å². The molecule has 3 nitrogen and oxygen atoms in total. The van der Waals surface area contributed by atoms with E-state index in [1.54, 1.807) is 18.2 Å². The average Bonchev–Trinajstić information content (AvgIpc) is 2.30. The van der Waals surface area contributed by atoms with Crippen molar-refractivity contribution in [2.45, 2.75) is 38.1 Å². The highest BCUT2D eigenvalue weighted by Gasteiger charge is 2.14. The smallest absolute Gasteiger partial charge is 0.337 e. The number of aromatic carboxylic acids is 1. The number of rotatable bonds is 3. The molecule has 0 spiro atoms. The van der Waals surface area contributed by atoms with Crippen molar-refractivity contribution < 1.29 is 9.90 Å². The van der Waals surface area contributed by atoms with Crippen molar-refractivity contribution in [2.24, 2.45) is 0 Å². The van der Waals surface area contributed by atoms with E-state index in [-0.39, 0.29) is 5.56 Å². The fourth-order valence-electron chi connectivity index (χ4n) is 2.26. The third kappa shape index (κ3) is 3.13. The van der Waals surface area contributed by atoms with Crippen LogP contribution in [0.2, 0.25) is 5.02 Å². The number of carboxylic acid groups (broad SMARTS) is 1. The largest absolute Gasteiger partial charge is 0.478 e. The van der Waals surface area contributed by atoms with Crippen LogP contribution < -0.4 is 5.32 Å². The van der Waals surface area contributed by atoms with Crippen LogP contribution in [0.25, 0.3) is 0 Å². The second-order valence-corrected chi connectivity index (χ2v) is 4.89. The molecule has 2 rings (SSSR count). The van der Waals surface area contributed by atoms with Gasteiger partial charge in [-0.2, -0.15) is 0 Å². The molecule has 0 radical (unpaired) electrons. The maximum Gasteiger partial charge on any atom is 0.337 e. The first kappa shape index (κ1) is 12.2. The summed E-state index contributed by atoms with van der Waals surface area (Å²) in [5, 5.41) is 12.6. The molecule has 0 unspecified atom stereocenters. The Balaban J connectivity index is 2.06. The van der Waals surface area contributed by atoms with Gasteiger partial charge in [0.05, 0.1) is 10.6 Å². The summed E-state index contributed by atoms with van der Waals surface area (Å²) < 4.78 is 0. The lowest BCUT2D eigenvalue weighted by molar-refractivity contribution is 0.0697. The molecule has 0 heterocycles. The third-order valence-electron chi connectivity index (χ3n) is 3.18. The molecule has 0 bridgehead atoms. The SMILES string of the molecule is O=C(O)c1ccc(NC2CCCCC2)cc1Cl. The molecule has 0 saturated heterocycles. The predicted molar refractivity (Wildman–Crippen MR) is 68.9 cm³/mol. The Morgan fingerprint density at radius 2 is 2.00 bits per heavy atom. The Morgan fingerprint density at radius 1 is 1.29 bits per heavy atom. The summed E-state index contributed by atoms with van der Waals surface area (Å²) >= 11 is 5.92. The summed E-state index contributed by atoms with van der Waals surface area (Å²) in [5.41, 5.74) is 1.06. The molecule has 1 aromatic rings. The maximum absolute atomic E-state index is 10.8. The molecule has 17 heavy (non-hydrogen) atoms. The molecule has 1 saturated carbocycles. The zero-order valence-corrected chi connectivity index (χ0v) is 10.3. The first-order valence-electron chi connectivity index (χ1n) is 5.96. The van der Waals surface area contributed by atoms with E-state index in [2.05, 4.69) is 5.32 Å². The minimum Gasteiger partial charge on any atom is -0.478 e. The molecule has 0 aromatic heterocycles. The topological polar surface area (TPSA) is 49.3 Å². The predicted octanol–water partition coefficient (Wildman–Crippen LogP) is 3.78. The van der Waals surface area contributed by atoms with Crippen LogP contribution in [0.4, 0.5) is 5.69 Å². The minimum atomic E-state index is -0.987. The van der Waals surface area contributed by atoms with Gasteiger partial charge in [-0.15, -0.1) is 0 Å². The summed E-state index contributed by atoms with van der Waals surface area (Å²) in [5.74, 6) is -0.987. The number of nitrogens with one attached hydrogen (secondary N) is 1. The molecule has 2 N–H and O–H groups in total. The van der Waals surface area contributed by atoms with Crippen molar-refractivity contribution in [1.29, 1.82) is 0 Å². The van der Waals surface area contributed by atoms with Crippen LogP contribution in [0.3, 0.4) is 0 Å². The van der Waals surface area contributed by atoms with Crippen molar-refractivity contribution in [2.75, 3.05) is 5.32 Å². The van der Waals surface area contributed by atoms with Crippen molar-refractivity contribution in [3.63, 3.8) is 0 Å². The molecule has 0 amide bonds. The fraction of sp³-hybridized carbons (Fsp3) is 0.462. The van der Waals surface area contributed by atoms with Crippen LogP contribution in [0.15, 0.2) is 18.2 Å².